The number of carbonyl (C=O) groups is 1. The molecule has 0 aliphatic heterocycles. The number of fused-ring (bicyclic) bond motifs is 1. The molecule has 2 aromatic heterocycles. The number of rotatable bonds is 7. The lowest BCUT2D eigenvalue weighted by Crippen LogP contribution is -2.07. The van der Waals surface area contributed by atoms with Crippen molar-refractivity contribution in [3.8, 4) is 11.3 Å². The topological polar surface area (TPSA) is 75.1 Å². The first-order valence-corrected chi connectivity index (χ1v) is 11.6. The molecule has 0 atom stereocenters. The number of hydrogen-bond acceptors (Lipinski definition) is 6. The summed E-state index contributed by atoms with van der Waals surface area (Å²) in [5.41, 5.74) is 4.55. The Hall–Kier alpha value is -2.90. The van der Waals surface area contributed by atoms with E-state index in [1.165, 1.54) is 39.3 Å². The van der Waals surface area contributed by atoms with Gasteiger partial charge in [0.25, 0.3) is 0 Å². The molecule has 0 saturated carbocycles. The van der Waals surface area contributed by atoms with Crippen LogP contribution in [0.25, 0.3) is 21.3 Å². The number of carboxylic acids is 1. The number of nitrogens with zero attached hydrogens (tertiary/aromatic N) is 2. The van der Waals surface area contributed by atoms with E-state index in [0.717, 1.165) is 30.0 Å². The summed E-state index contributed by atoms with van der Waals surface area (Å²) in [6.45, 7) is 2.92. The van der Waals surface area contributed by atoms with Gasteiger partial charge in [0.15, 0.2) is 0 Å². The molecule has 0 amide bonds. The molecule has 5 nitrogen and oxygen atoms in total. The fraction of sp³-hybridized carbons (Fsp3) is 0.174. The number of thiophene rings is 1. The summed E-state index contributed by atoms with van der Waals surface area (Å²) in [7, 11) is 0. The summed E-state index contributed by atoms with van der Waals surface area (Å²) in [5.74, 6) is -0.173. The van der Waals surface area contributed by atoms with E-state index >= 15 is 0 Å². The van der Waals surface area contributed by atoms with Gasteiger partial charge in [-0.25, -0.2) is 14.8 Å². The van der Waals surface area contributed by atoms with E-state index in [1.54, 1.807) is 23.5 Å². The van der Waals surface area contributed by atoms with E-state index in [-0.39, 0.29) is 0 Å². The highest BCUT2D eigenvalue weighted by molar-refractivity contribution is 7.98. The number of aromatic nitrogens is 2. The second-order valence-electron chi connectivity index (χ2n) is 6.94. The second kappa shape index (κ2) is 8.85. The van der Waals surface area contributed by atoms with E-state index in [2.05, 4.69) is 45.8 Å². The van der Waals surface area contributed by atoms with Gasteiger partial charge in [0.1, 0.15) is 12.1 Å². The maximum Gasteiger partial charge on any atom is 0.336 e. The maximum atomic E-state index is 11.3. The fourth-order valence-electron chi connectivity index (χ4n) is 3.46. The molecule has 0 saturated heterocycles. The molecule has 2 heterocycles. The number of carboxylic acid groups (broad SMARTS) is 1. The highest BCUT2D eigenvalue weighted by Gasteiger charge is 2.12. The average molecular weight is 436 g/mol. The first-order valence-electron chi connectivity index (χ1n) is 9.49. The van der Waals surface area contributed by atoms with Crippen LogP contribution in [0.15, 0.2) is 59.1 Å². The van der Waals surface area contributed by atoms with E-state index in [9.17, 15) is 9.90 Å². The Morgan fingerprint density at radius 3 is 2.83 bits per heavy atom. The molecule has 0 fully saturated rings. The minimum Gasteiger partial charge on any atom is -0.478 e. The van der Waals surface area contributed by atoms with Crippen LogP contribution in [0.3, 0.4) is 0 Å². The van der Waals surface area contributed by atoms with Crippen LogP contribution in [0.2, 0.25) is 0 Å². The molecule has 0 unspecified atom stereocenters. The third-order valence-electron chi connectivity index (χ3n) is 4.91. The summed E-state index contributed by atoms with van der Waals surface area (Å²) >= 11 is 3.19. The summed E-state index contributed by atoms with van der Waals surface area (Å²) in [5, 5.41) is 16.1. The summed E-state index contributed by atoms with van der Waals surface area (Å²) in [6, 6.07) is 13.8. The quantitative estimate of drug-likeness (QED) is 0.361. The molecule has 7 heteroatoms. The summed E-state index contributed by atoms with van der Waals surface area (Å²) in [4.78, 5) is 20.7. The Labute approximate surface area is 183 Å². The van der Waals surface area contributed by atoms with Crippen LogP contribution >= 0.6 is 23.1 Å². The molecule has 0 spiro atoms. The van der Waals surface area contributed by atoms with Gasteiger partial charge in [0.2, 0.25) is 0 Å². The van der Waals surface area contributed by atoms with E-state index in [1.807, 2.05) is 18.4 Å². The number of thioether (sulfide) groups is 1. The van der Waals surface area contributed by atoms with Gasteiger partial charge in [0, 0.05) is 27.8 Å². The molecule has 152 valence electrons. The Morgan fingerprint density at radius 1 is 1.17 bits per heavy atom. The van der Waals surface area contributed by atoms with E-state index in [4.69, 9.17) is 0 Å². The predicted molar refractivity (Wildman–Crippen MR) is 125 cm³/mol. The zero-order valence-electron chi connectivity index (χ0n) is 16.7. The monoisotopic (exact) mass is 435 g/mol. The van der Waals surface area contributed by atoms with Crippen LogP contribution in [0, 0.1) is 6.92 Å². The molecule has 4 rings (SSSR count). The van der Waals surface area contributed by atoms with Crippen LogP contribution in [0.4, 0.5) is 5.82 Å². The highest BCUT2D eigenvalue weighted by atomic mass is 32.2. The molecule has 0 bridgehead atoms. The van der Waals surface area contributed by atoms with Gasteiger partial charge < -0.3 is 10.4 Å². The highest BCUT2D eigenvalue weighted by Crippen LogP contribution is 2.28. The van der Waals surface area contributed by atoms with Crippen molar-refractivity contribution < 1.29 is 9.90 Å². The zero-order valence-corrected chi connectivity index (χ0v) is 18.3. The van der Waals surface area contributed by atoms with E-state index < -0.39 is 5.97 Å². The zero-order chi connectivity index (χ0) is 21.1. The standard InChI is InChI=1S/C23H21N3O2S2/c1-14-9-15(10-17-6-8-30-22(14)17)5-7-24-21-12-19(25-13-26-21)16-3-4-18(23(27)28)20(11-16)29-2/h3-4,6,8-13H,5,7H2,1-2H3,(H,27,28)(H,24,25,26). The lowest BCUT2D eigenvalue weighted by atomic mass is 10.1. The van der Waals surface area contributed by atoms with Crippen molar-refractivity contribution in [1.29, 1.82) is 0 Å². The van der Waals surface area contributed by atoms with Crippen molar-refractivity contribution in [3.63, 3.8) is 0 Å². The minimum absolute atomic E-state index is 0.302. The van der Waals surface area contributed by atoms with Crippen molar-refractivity contribution in [1.82, 2.24) is 9.97 Å². The number of nitrogens with one attached hydrogen (secondary N) is 1. The van der Waals surface area contributed by atoms with Crippen molar-refractivity contribution in [2.24, 2.45) is 0 Å². The number of anilines is 1. The number of aryl methyl sites for hydroxylation is 1. The molecule has 4 aromatic rings. The largest absolute Gasteiger partial charge is 0.478 e. The third-order valence-corrected chi connectivity index (χ3v) is 6.75. The molecular weight excluding hydrogens is 414 g/mol. The Balaban J connectivity index is 1.47. The van der Waals surface area contributed by atoms with Crippen LogP contribution in [0.1, 0.15) is 21.5 Å². The summed E-state index contributed by atoms with van der Waals surface area (Å²) < 4.78 is 1.35. The first kappa shape index (κ1) is 20.4. The predicted octanol–water partition coefficient (Wildman–Crippen LogP) is 5.74. The number of benzene rings is 2. The van der Waals surface area contributed by atoms with Gasteiger partial charge in [-0.1, -0.05) is 18.2 Å². The number of aromatic carboxylic acids is 1. The van der Waals surface area contributed by atoms with Crippen LogP contribution in [0.5, 0.6) is 0 Å². The lowest BCUT2D eigenvalue weighted by Gasteiger charge is -2.10. The van der Waals surface area contributed by atoms with Gasteiger partial charge in [-0.3, -0.25) is 0 Å². The van der Waals surface area contributed by atoms with Crippen LogP contribution < -0.4 is 5.32 Å². The molecule has 0 aliphatic carbocycles. The Kier molecular flexibility index (Phi) is 6.01. The smallest absolute Gasteiger partial charge is 0.336 e. The second-order valence-corrected chi connectivity index (χ2v) is 8.70. The third kappa shape index (κ3) is 4.32. The fourth-order valence-corrected chi connectivity index (χ4v) is 4.94. The summed E-state index contributed by atoms with van der Waals surface area (Å²) in [6.07, 6.45) is 4.30. The Morgan fingerprint density at radius 2 is 2.03 bits per heavy atom. The minimum atomic E-state index is -0.924. The van der Waals surface area contributed by atoms with Crippen LogP contribution in [-0.2, 0) is 6.42 Å². The lowest BCUT2D eigenvalue weighted by molar-refractivity contribution is 0.0693. The van der Waals surface area contributed by atoms with Gasteiger partial charge >= 0.3 is 5.97 Å². The van der Waals surface area contributed by atoms with Crippen molar-refractivity contribution in [2.75, 3.05) is 18.1 Å². The molecule has 2 aromatic carbocycles. The molecule has 0 aliphatic rings. The SMILES string of the molecule is CSc1cc(-c2cc(NCCc3cc(C)c4sccc4c3)ncn2)ccc1C(=O)O. The normalized spacial score (nSPS) is 11.0. The van der Waals surface area contributed by atoms with Crippen molar-refractivity contribution >= 4 is 45.0 Å². The van der Waals surface area contributed by atoms with Gasteiger partial charge in [-0.2, -0.15) is 0 Å². The molecule has 0 radical (unpaired) electrons. The van der Waals surface area contributed by atoms with Gasteiger partial charge in [-0.15, -0.1) is 23.1 Å². The maximum absolute atomic E-state index is 11.3. The molecular formula is C23H21N3O2S2. The average Bonchev–Trinajstić information content (AvgIpc) is 3.23. The van der Waals surface area contributed by atoms with Crippen molar-refractivity contribution in [3.05, 3.63) is 70.9 Å². The van der Waals surface area contributed by atoms with Gasteiger partial charge in [-0.05, 0) is 59.7 Å². The Bertz CT molecular complexity index is 1220. The van der Waals surface area contributed by atoms with Crippen LogP contribution in [-0.4, -0.2) is 33.8 Å². The molecule has 30 heavy (non-hydrogen) atoms. The first-order chi connectivity index (χ1) is 14.5. The molecule has 2 N–H and O–H groups in total. The number of hydrogen-bond donors (Lipinski definition) is 2. The van der Waals surface area contributed by atoms with Crippen molar-refractivity contribution in [2.45, 2.75) is 18.2 Å². The van der Waals surface area contributed by atoms with Gasteiger partial charge in [0.05, 0.1) is 11.3 Å². The van der Waals surface area contributed by atoms with E-state index in [0.29, 0.717) is 10.5 Å².